The third kappa shape index (κ3) is 4.84. The first-order valence-electron chi connectivity index (χ1n) is 9.05. The molecule has 8 heteroatoms. The SMILES string of the molecule is CC1CNCCC1NC(=O)c1ccc(S(=O)(=O)N(C)c2ccccc2)cc1.Cl. The fourth-order valence-corrected chi connectivity index (χ4v) is 4.39. The van der Waals surface area contributed by atoms with Crippen molar-refractivity contribution in [3.63, 3.8) is 0 Å². The zero-order valence-corrected chi connectivity index (χ0v) is 17.6. The molecule has 2 N–H and O–H groups in total. The molecule has 0 aliphatic carbocycles. The number of carbonyl (C=O) groups is 1. The molecule has 2 aromatic rings. The van der Waals surface area contributed by atoms with Crippen molar-refractivity contribution < 1.29 is 13.2 Å². The second kappa shape index (κ2) is 9.41. The van der Waals surface area contributed by atoms with E-state index in [0.29, 0.717) is 17.2 Å². The van der Waals surface area contributed by atoms with Gasteiger partial charge in [0, 0.05) is 18.7 Å². The minimum atomic E-state index is -3.68. The Kier molecular flexibility index (Phi) is 7.46. The van der Waals surface area contributed by atoms with E-state index in [4.69, 9.17) is 0 Å². The van der Waals surface area contributed by atoms with Crippen molar-refractivity contribution in [2.75, 3.05) is 24.4 Å². The topological polar surface area (TPSA) is 78.5 Å². The summed E-state index contributed by atoms with van der Waals surface area (Å²) in [6, 6.07) is 15.1. The first-order valence-corrected chi connectivity index (χ1v) is 10.5. The van der Waals surface area contributed by atoms with Gasteiger partial charge in [-0.15, -0.1) is 12.4 Å². The summed E-state index contributed by atoms with van der Waals surface area (Å²) in [7, 11) is -2.16. The molecule has 0 aromatic heterocycles. The van der Waals surface area contributed by atoms with Crippen molar-refractivity contribution in [1.82, 2.24) is 10.6 Å². The van der Waals surface area contributed by atoms with E-state index in [-0.39, 0.29) is 29.3 Å². The smallest absolute Gasteiger partial charge is 0.264 e. The Bertz CT molecular complexity index is 889. The van der Waals surface area contributed by atoms with E-state index in [1.807, 2.05) is 6.07 Å². The summed E-state index contributed by atoms with van der Waals surface area (Å²) >= 11 is 0. The van der Waals surface area contributed by atoms with Gasteiger partial charge in [0.1, 0.15) is 0 Å². The molecule has 2 atom stereocenters. The van der Waals surface area contributed by atoms with E-state index in [0.717, 1.165) is 19.5 Å². The Morgan fingerprint density at radius 2 is 1.75 bits per heavy atom. The number of para-hydroxylation sites is 1. The fourth-order valence-electron chi connectivity index (χ4n) is 3.19. The van der Waals surface area contributed by atoms with Gasteiger partial charge in [0.05, 0.1) is 10.6 Å². The lowest BCUT2D eigenvalue weighted by atomic mass is 9.95. The van der Waals surface area contributed by atoms with Gasteiger partial charge in [-0.3, -0.25) is 9.10 Å². The molecule has 1 fully saturated rings. The van der Waals surface area contributed by atoms with Crippen LogP contribution in [0.5, 0.6) is 0 Å². The summed E-state index contributed by atoms with van der Waals surface area (Å²) in [5.74, 6) is 0.191. The van der Waals surface area contributed by atoms with Gasteiger partial charge >= 0.3 is 0 Å². The molecule has 6 nitrogen and oxygen atoms in total. The number of rotatable bonds is 5. The van der Waals surface area contributed by atoms with Gasteiger partial charge in [-0.25, -0.2) is 8.42 Å². The molecule has 1 heterocycles. The molecule has 3 rings (SSSR count). The summed E-state index contributed by atoms with van der Waals surface area (Å²) in [4.78, 5) is 12.6. The first-order chi connectivity index (χ1) is 12.9. The number of nitrogens with one attached hydrogen (secondary N) is 2. The summed E-state index contributed by atoms with van der Waals surface area (Å²) in [6.07, 6.45) is 0.890. The lowest BCUT2D eigenvalue weighted by Gasteiger charge is -2.30. The number of hydrogen-bond acceptors (Lipinski definition) is 4. The van der Waals surface area contributed by atoms with Crippen LogP contribution >= 0.6 is 12.4 Å². The second-order valence-corrected chi connectivity index (χ2v) is 8.85. The van der Waals surface area contributed by atoms with Gasteiger partial charge in [0.25, 0.3) is 15.9 Å². The highest BCUT2D eigenvalue weighted by atomic mass is 35.5. The molecule has 1 aliphatic heterocycles. The largest absolute Gasteiger partial charge is 0.349 e. The van der Waals surface area contributed by atoms with Crippen LogP contribution in [-0.4, -0.2) is 40.5 Å². The number of sulfonamides is 1. The standard InChI is InChI=1S/C20H25N3O3S.ClH/c1-15-14-21-13-12-19(15)22-20(24)16-8-10-18(11-9-16)27(25,26)23(2)17-6-4-3-5-7-17;/h3-11,15,19,21H,12-14H2,1-2H3,(H,22,24);1H. The number of benzene rings is 2. The molecule has 1 aliphatic rings. The fraction of sp³-hybridized carbons (Fsp3) is 0.350. The van der Waals surface area contributed by atoms with Gasteiger partial charge in [0.15, 0.2) is 0 Å². The van der Waals surface area contributed by atoms with Gasteiger partial charge in [-0.2, -0.15) is 0 Å². The highest BCUT2D eigenvalue weighted by Gasteiger charge is 2.24. The van der Waals surface area contributed by atoms with E-state index < -0.39 is 10.0 Å². The normalized spacial score (nSPS) is 19.4. The molecule has 0 radical (unpaired) electrons. The minimum absolute atomic E-state index is 0. The Balaban J connectivity index is 0.00000280. The predicted octanol–water partition coefficient (Wildman–Crippen LogP) is 2.66. The number of amides is 1. The zero-order chi connectivity index (χ0) is 19.4. The zero-order valence-electron chi connectivity index (χ0n) is 16.0. The molecular formula is C20H26ClN3O3S. The number of halogens is 1. The van der Waals surface area contributed by atoms with Crippen LogP contribution in [0.1, 0.15) is 23.7 Å². The van der Waals surface area contributed by atoms with Crippen LogP contribution in [0.2, 0.25) is 0 Å². The number of hydrogen-bond donors (Lipinski definition) is 2. The number of anilines is 1. The average molecular weight is 424 g/mol. The Morgan fingerprint density at radius 1 is 1.11 bits per heavy atom. The third-order valence-corrected chi connectivity index (χ3v) is 6.80. The van der Waals surface area contributed by atoms with Crippen molar-refractivity contribution in [2.45, 2.75) is 24.3 Å². The van der Waals surface area contributed by atoms with E-state index in [9.17, 15) is 13.2 Å². The van der Waals surface area contributed by atoms with Crippen LogP contribution in [0.4, 0.5) is 5.69 Å². The summed E-state index contributed by atoms with van der Waals surface area (Å²) in [5.41, 5.74) is 1.04. The molecule has 2 aromatic carbocycles. The molecule has 0 spiro atoms. The summed E-state index contributed by atoms with van der Waals surface area (Å²) in [5, 5.41) is 6.36. The Morgan fingerprint density at radius 3 is 2.36 bits per heavy atom. The Hall–Kier alpha value is -2.09. The Labute approximate surface area is 172 Å². The minimum Gasteiger partial charge on any atom is -0.349 e. The van der Waals surface area contributed by atoms with Crippen LogP contribution in [0, 0.1) is 5.92 Å². The van der Waals surface area contributed by atoms with Gasteiger partial charge in [-0.05, 0) is 61.8 Å². The van der Waals surface area contributed by atoms with E-state index in [2.05, 4.69) is 17.6 Å². The lowest BCUT2D eigenvalue weighted by Crippen LogP contribution is -2.48. The monoisotopic (exact) mass is 423 g/mol. The molecule has 0 saturated carbocycles. The van der Waals surface area contributed by atoms with E-state index in [1.165, 1.54) is 23.5 Å². The molecule has 28 heavy (non-hydrogen) atoms. The van der Waals surface area contributed by atoms with Crippen LogP contribution in [0.15, 0.2) is 59.5 Å². The van der Waals surface area contributed by atoms with E-state index >= 15 is 0 Å². The molecule has 0 bridgehead atoms. The van der Waals surface area contributed by atoms with E-state index in [1.54, 1.807) is 36.4 Å². The summed E-state index contributed by atoms with van der Waals surface area (Å²) in [6.45, 7) is 3.87. The van der Waals surface area contributed by atoms with Crippen molar-refractivity contribution in [1.29, 1.82) is 0 Å². The molecular weight excluding hydrogens is 398 g/mol. The first kappa shape index (κ1) is 22.2. The van der Waals surface area contributed by atoms with Crippen LogP contribution < -0.4 is 14.9 Å². The number of carbonyl (C=O) groups excluding carboxylic acids is 1. The van der Waals surface area contributed by atoms with Gasteiger partial charge < -0.3 is 10.6 Å². The number of nitrogens with zero attached hydrogens (tertiary/aromatic N) is 1. The van der Waals surface area contributed by atoms with Gasteiger partial charge in [0.2, 0.25) is 0 Å². The average Bonchev–Trinajstić information content (AvgIpc) is 2.70. The molecule has 1 amide bonds. The maximum atomic E-state index is 12.8. The lowest BCUT2D eigenvalue weighted by molar-refractivity contribution is 0.0914. The third-order valence-electron chi connectivity index (χ3n) is 5.00. The van der Waals surface area contributed by atoms with Crippen molar-refractivity contribution in [2.24, 2.45) is 5.92 Å². The maximum Gasteiger partial charge on any atom is 0.264 e. The van der Waals surface area contributed by atoms with Crippen molar-refractivity contribution in [3.05, 3.63) is 60.2 Å². The van der Waals surface area contributed by atoms with Crippen LogP contribution in [0.25, 0.3) is 0 Å². The van der Waals surface area contributed by atoms with Crippen LogP contribution in [0.3, 0.4) is 0 Å². The highest BCUT2D eigenvalue weighted by Crippen LogP contribution is 2.22. The quantitative estimate of drug-likeness (QED) is 0.774. The predicted molar refractivity (Wildman–Crippen MR) is 114 cm³/mol. The maximum absolute atomic E-state index is 12.8. The molecule has 2 unspecified atom stereocenters. The number of piperidine rings is 1. The highest BCUT2D eigenvalue weighted by molar-refractivity contribution is 7.92. The van der Waals surface area contributed by atoms with Crippen LogP contribution in [-0.2, 0) is 10.0 Å². The van der Waals surface area contributed by atoms with Crippen molar-refractivity contribution in [3.8, 4) is 0 Å². The molecule has 152 valence electrons. The van der Waals surface area contributed by atoms with Gasteiger partial charge in [-0.1, -0.05) is 25.1 Å². The summed E-state index contributed by atoms with van der Waals surface area (Å²) < 4.78 is 26.8. The second-order valence-electron chi connectivity index (χ2n) is 6.88. The van der Waals surface area contributed by atoms with Crippen molar-refractivity contribution >= 4 is 34.0 Å². The molecule has 1 saturated heterocycles.